The van der Waals surface area contributed by atoms with Crippen molar-refractivity contribution in [2.75, 3.05) is 41.5 Å². The third-order valence-electron chi connectivity index (χ3n) is 9.55. The van der Waals surface area contributed by atoms with Crippen molar-refractivity contribution in [1.82, 2.24) is 0 Å². The Morgan fingerprint density at radius 1 is 0.706 bits per heavy atom. The van der Waals surface area contributed by atoms with Gasteiger partial charge in [-0.1, -0.05) is 103 Å². The van der Waals surface area contributed by atoms with Crippen LogP contribution < -0.4 is 18.9 Å². The zero-order valence-corrected chi connectivity index (χ0v) is 28.7. The van der Waals surface area contributed by atoms with Crippen molar-refractivity contribution in [3.05, 3.63) is 155 Å². The topological polar surface area (TPSA) is 90.9 Å². The van der Waals surface area contributed by atoms with Crippen LogP contribution in [0.1, 0.15) is 40.0 Å². The third kappa shape index (κ3) is 6.63. The molecule has 0 aromatic heterocycles. The molecule has 0 aliphatic carbocycles. The number of benzene rings is 5. The van der Waals surface area contributed by atoms with Crippen LogP contribution in [0.3, 0.4) is 0 Å². The standard InChI is InChI=1S/C42H40O9/c1-44-26-49-40(29-20-22-35-37(24-29)48-27-47-35)38-33(39(51-41(38)43)28-19-21-34(45-2)36(23-28)46-3)25-50-42(30-13-7-4-8-14-30,31-15-9-5-10-16-31)32-17-11-6-12-18-32/h4-24,33,38-40H,25-27H2,1-3H3/t33-,38+,39+,40-/m1/s1. The number of cyclic esters (lactones) is 1. The van der Waals surface area contributed by atoms with Gasteiger partial charge in [-0.05, 0) is 52.1 Å². The van der Waals surface area contributed by atoms with Crippen molar-refractivity contribution < 1.29 is 42.7 Å². The quantitative estimate of drug-likeness (QED) is 0.0664. The molecule has 9 heteroatoms. The van der Waals surface area contributed by atoms with Crippen molar-refractivity contribution in [2.45, 2.75) is 17.8 Å². The molecule has 5 aromatic rings. The first kappa shape index (κ1) is 34.1. The van der Waals surface area contributed by atoms with Crippen molar-refractivity contribution in [3.8, 4) is 23.0 Å². The van der Waals surface area contributed by atoms with E-state index in [1.807, 2.05) is 91.0 Å². The van der Waals surface area contributed by atoms with Crippen molar-refractivity contribution in [1.29, 1.82) is 0 Å². The second-order valence-electron chi connectivity index (χ2n) is 12.4. The lowest BCUT2D eigenvalue weighted by Crippen LogP contribution is -2.37. The highest BCUT2D eigenvalue weighted by Crippen LogP contribution is 2.50. The first-order valence-electron chi connectivity index (χ1n) is 16.8. The number of fused-ring (bicyclic) bond motifs is 1. The van der Waals surface area contributed by atoms with Crippen molar-refractivity contribution in [3.63, 3.8) is 0 Å². The first-order valence-corrected chi connectivity index (χ1v) is 16.8. The number of hydrogen-bond acceptors (Lipinski definition) is 9. The lowest BCUT2D eigenvalue weighted by Gasteiger charge is -2.38. The highest BCUT2D eigenvalue weighted by atomic mass is 16.7. The van der Waals surface area contributed by atoms with Gasteiger partial charge in [-0.3, -0.25) is 4.79 Å². The van der Waals surface area contributed by atoms with E-state index in [-0.39, 0.29) is 20.2 Å². The zero-order chi connectivity index (χ0) is 35.2. The average Bonchev–Trinajstić information content (AvgIpc) is 3.80. The highest BCUT2D eigenvalue weighted by molar-refractivity contribution is 5.77. The number of carbonyl (C=O) groups is 1. The Morgan fingerprint density at radius 2 is 1.31 bits per heavy atom. The molecule has 7 rings (SSSR count). The number of methoxy groups -OCH3 is 3. The van der Waals surface area contributed by atoms with Crippen LogP contribution >= 0.6 is 0 Å². The maximum Gasteiger partial charge on any atom is 0.313 e. The maximum absolute atomic E-state index is 14.3. The van der Waals surface area contributed by atoms with Gasteiger partial charge in [0, 0.05) is 13.0 Å². The van der Waals surface area contributed by atoms with E-state index in [0.717, 1.165) is 27.8 Å². The summed E-state index contributed by atoms with van der Waals surface area (Å²) in [6.45, 7) is 0.164. The van der Waals surface area contributed by atoms with Gasteiger partial charge >= 0.3 is 5.97 Å². The smallest absolute Gasteiger partial charge is 0.313 e. The Bertz CT molecular complexity index is 1820. The minimum atomic E-state index is -1.04. The summed E-state index contributed by atoms with van der Waals surface area (Å²) < 4.78 is 47.9. The van der Waals surface area contributed by atoms with Crippen molar-refractivity contribution in [2.24, 2.45) is 11.8 Å². The van der Waals surface area contributed by atoms with Gasteiger partial charge in [-0.25, -0.2) is 0 Å². The minimum absolute atomic E-state index is 0.0561. The van der Waals surface area contributed by atoms with E-state index in [4.69, 9.17) is 37.9 Å². The monoisotopic (exact) mass is 688 g/mol. The number of rotatable bonds is 14. The van der Waals surface area contributed by atoms with Gasteiger partial charge in [0.05, 0.1) is 32.8 Å². The average molecular weight is 689 g/mol. The molecular formula is C42H40O9. The van der Waals surface area contributed by atoms with E-state index in [0.29, 0.717) is 23.0 Å². The summed E-state index contributed by atoms with van der Waals surface area (Å²) >= 11 is 0. The predicted molar refractivity (Wildman–Crippen MR) is 189 cm³/mol. The fourth-order valence-corrected chi connectivity index (χ4v) is 7.17. The Hall–Kier alpha value is -5.35. The second kappa shape index (κ2) is 15.3. The fourth-order valence-electron chi connectivity index (χ4n) is 7.17. The van der Waals surface area contributed by atoms with Gasteiger partial charge in [-0.2, -0.15) is 0 Å². The Morgan fingerprint density at radius 3 is 1.90 bits per heavy atom. The highest BCUT2D eigenvalue weighted by Gasteiger charge is 2.52. The summed E-state index contributed by atoms with van der Waals surface area (Å²) in [7, 11) is 4.71. The summed E-state index contributed by atoms with van der Waals surface area (Å²) in [5, 5.41) is 0. The minimum Gasteiger partial charge on any atom is -0.493 e. The normalized spacial score (nSPS) is 18.6. The van der Waals surface area contributed by atoms with Crippen LogP contribution in [0.15, 0.2) is 127 Å². The van der Waals surface area contributed by atoms with Crippen LogP contribution in [0.2, 0.25) is 0 Å². The molecule has 0 saturated carbocycles. The van der Waals surface area contributed by atoms with Crippen LogP contribution in [-0.4, -0.2) is 47.5 Å². The van der Waals surface area contributed by atoms with Gasteiger partial charge in [0.1, 0.15) is 18.5 Å². The molecular weight excluding hydrogens is 648 g/mol. The molecule has 9 nitrogen and oxygen atoms in total. The predicted octanol–water partition coefficient (Wildman–Crippen LogP) is 7.63. The number of carbonyl (C=O) groups excluding carboxylic acids is 1. The first-order chi connectivity index (χ1) is 25.1. The Kier molecular flexibility index (Phi) is 10.2. The Balaban J connectivity index is 1.37. The Labute approximate surface area is 297 Å². The van der Waals surface area contributed by atoms with Crippen LogP contribution in [-0.2, 0) is 29.3 Å². The molecule has 0 amide bonds. The molecule has 262 valence electrons. The molecule has 1 fully saturated rings. The van der Waals surface area contributed by atoms with E-state index >= 15 is 0 Å². The van der Waals surface area contributed by atoms with Crippen LogP contribution in [0.25, 0.3) is 0 Å². The molecule has 0 radical (unpaired) electrons. The lowest BCUT2D eigenvalue weighted by molar-refractivity contribution is -0.152. The van der Waals surface area contributed by atoms with Crippen LogP contribution in [0, 0.1) is 11.8 Å². The number of ether oxygens (including phenoxy) is 8. The largest absolute Gasteiger partial charge is 0.493 e. The van der Waals surface area contributed by atoms with Gasteiger partial charge < -0.3 is 37.9 Å². The van der Waals surface area contributed by atoms with E-state index in [1.165, 1.54) is 0 Å². The number of hydrogen-bond donors (Lipinski definition) is 0. The third-order valence-corrected chi connectivity index (χ3v) is 9.55. The van der Waals surface area contributed by atoms with Crippen LogP contribution in [0.4, 0.5) is 0 Å². The van der Waals surface area contributed by atoms with E-state index < -0.39 is 35.6 Å². The number of esters is 1. The molecule has 2 aliphatic rings. The molecule has 4 atom stereocenters. The molecule has 2 aliphatic heterocycles. The SMILES string of the molecule is COCO[C@H](c1ccc2c(c1)OCO2)[C@H]1C(=O)O[C@@H](c2ccc(OC)c(OC)c2)[C@@H]1COC(c1ccccc1)(c1ccccc1)c1ccccc1. The van der Waals surface area contributed by atoms with Crippen molar-refractivity contribution >= 4 is 5.97 Å². The molecule has 5 aromatic carbocycles. The van der Waals surface area contributed by atoms with Gasteiger partial charge in [0.2, 0.25) is 6.79 Å². The molecule has 51 heavy (non-hydrogen) atoms. The molecule has 2 heterocycles. The summed E-state index contributed by atoms with van der Waals surface area (Å²) in [6.07, 6.45) is -1.49. The molecule has 0 bridgehead atoms. The second-order valence-corrected chi connectivity index (χ2v) is 12.4. The van der Waals surface area contributed by atoms with E-state index in [1.54, 1.807) is 21.3 Å². The molecule has 0 spiro atoms. The summed E-state index contributed by atoms with van der Waals surface area (Å²) in [4.78, 5) is 14.3. The molecule has 0 N–H and O–H groups in total. The molecule has 0 unspecified atom stereocenters. The van der Waals surface area contributed by atoms with Gasteiger partial charge in [0.25, 0.3) is 0 Å². The lowest BCUT2D eigenvalue weighted by atomic mass is 9.78. The summed E-state index contributed by atoms with van der Waals surface area (Å²) in [5.41, 5.74) is 3.23. The zero-order valence-electron chi connectivity index (χ0n) is 28.7. The van der Waals surface area contributed by atoms with E-state index in [9.17, 15) is 4.79 Å². The fraction of sp³-hybridized carbons (Fsp3) is 0.262. The van der Waals surface area contributed by atoms with E-state index in [2.05, 4.69) is 36.4 Å². The van der Waals surface area contributed by atoms with Crippen LogP contribution in [0.5, 0.6) is 23.0 Å². The maximum atomic E-state index is 14.3. The van der Waals surface area contributed by atoms with Gasteiger partial charge in [-0.15, -0.1) is 0 Å². The molecule has 1 saturated heterocycles. The van der Waals surface area contributed by atoms with Gasteiger partial charge in [0.15, 0.2) is 23.0 Å². The summed E-state index contributed by atoms with van der Waals surface area (Å²) in [5.74, 6) is 0.506. The summed E-state index contributed by atoms with van der Waals surface area (Å²) in [6, 6.07) is 41.5.